The lowest BCUT2D eigenvalue weighted by Crippen LogP contribution is -2.24. The average Bonchev–Trinajstić information content (AvgIpc) is 3.00. The highest BCUT2D eigenvalue weighted by atomic mass is 16.5. The number of anilines is 1. The van der Waals surface area contributed by atoms with Crippen molar-refractivity contribution in [2.45, 2.75) is 31.5 Å². The molecule has 0 unspecified atom stereocenters. The number of fused-ring (bicyclic) bond motifs is 1. The van der Waals surface area contributed by atoms with Gasteiger partial charge < -0.3 is 25.8 Å². The van der Waals surface area contributed by atoms with Gasteiger partial charge >= 0.3 is 0 Å². The summed E-state index contributed by atoms with van der Waals surface area (Å²) in [5.74, 6) is 0.0283. The van der Waals surface area contributed by atoms with E-state index in [1.165, 1.54) is 6.33 Å². The molecule has 1 fully saturated rings. The minimum Gasteiger partial charge on any atom is -0.394 e. The molecule has 2 aromatic heterocycles. The molecule has 1 aliphatic heterocycles. The van der Waals surface area contributed by atoms with Crippen molar-refractivity contribution in [3.63, 3.8) is 0 Å². The van der Waals surface area contributed by atoms with E-state index in [2.05, 4.69) is 15.0 Å². The molecule has 3 rings (SSSR count). The normalized spacial score (nSPS) is 26.4. The maximum Gasteiger partial charge on any atom is 0.222 e. The number of nitrogen functional groups attached to an aromatic ring is 1. The van der Waals surface area contributed by atoms with E-state index < -0.39 is 18.4 Å². The standard InChI is InChI=1S/C11H15N5O4/c12-11-14-5(2-17)9-10(15-11)16(4-13-9)8-1-6(19)7(3-18)20-8/h4,6-8,17-19H,1-3H2,(H2,12,14,15)/t6-,7+,8+/m0/s1. The van der Waals surface area contributed by atoms with Crippen molar-refractivity contribution in [3.05, 3.63) is 12.0 Å². The van der Waals surface area contributed by atoms with Gasteiger partial charge in [0.1, 0.15) is 17.8 Å². The second-order valence-corrected chi connectivity index (χ2v) is 4.63. The van der Waals surface area contributed by atoms with Crippen LogP contribution >= 0.6 is 0 Å². The van der Waals surface area contributed by atoms with Gasteiger partial charge in [0.25, 0.3) is 0 Å². The van der Waals surface area contributed by atoms with Gasteiger partial charge in [0.15, 0.2) is 5.65 Å². The number of hydrogen-bond donors (Lipinski definition) is 4. The lowest BCUT2D eigenvalue weighted by molar-refractivity contribution is -0.0432. The van der Waals surface area contributed by atoms with Gasteiger partial charge in [-0.3, -0.25) is 4.57 Å². The van der Waals surface area contributed by atoms with Gasteiger partial charge in [0.05, 0.1) is 31.3 Å². The largest absolute Gasteiger partial charge is 0.394 e. The first-order valence-electron chi connectivity index (χ1n) is 6.18. The maximum absolute atomic E-state index is 9.77. The molecule has 0 spiro atoms. The molecule has 3 atom stereocenters. The van der Waals surface area contributed by atoms with Gasteiger partial charge in [-0.15, -0.1) is 0 Å². The van der Waals surface area contributed by atoms with Gasteiger partial charge in [-0.1, -0.05) is 0 Å². The van der Waals surface area contributed by atoms with E-state index in [0.29, 0.717) is 23.3 Å². The highest BCUT2D eigenvalue weighted by Crippen LogP contribution is 2.31. The molecule has 20 heavy (non-hydrogen) atoms. The third-order valence-electron chi connectivity index (χ3n) is 3.36. The fraction of sp³-hybridized carbons (Fsp3) is 0.545. The number of ether oxygens (including phenoxy) is 1. The predicted molar refractivity (Wildman–Crippen MR) is 67.3 cm³/mol. The van der Waals surface area contributed by atoms with Gasteiger partial charge in [-0.25, -0.2) is 9.97 Å². The Balaban J connectivity index is 2.03. The van der Waals surface area contributed by atoms with Crippen LogP contribution in [0.1, 0.15) is 18.3 Å². The molecule has 0 aromatic carbocycles. The summed E-state index contributed by atoms with van der Waals surface area (Å²) in [7, 11) is 0. The number of aliphatic hydroxyl groups excluding tert-OH is 3. The summed E-state index contributed by atoms with van der Waals surface area (Å²) in [5, 5.41) is 28.1. The number of imidazole rings is 1. The zero-order valence-electron chi connectivity index (χ0n) is 10.5. The Kier molecular flexibility index (Phi) is 3.26. The van der Waals surface area contributed by atoms with Gasteiger partial charge in [0.2, 0.25) is 5.95 Å². The van der Waals surface area contributed by atoms with Crippen LogP contribution in [0.15, 0.2) is 6.33 Å². The van der Waals surface area contributed by atoms with E-state index in [-0.39, 0.29) is 19.2 Å². The van der Waals surface area contributed by atoms with Crippen molar-refractivity contribution >= 4 is 17.1 Å². The van der Waals surface area contributed by atoms with Crippen LogP contribution in [0.2, 0.25) is 0 Å². The molecule has 0 saturated carbocycles. The smallest absolute Gasteiger partial charge is 0.222 e. The topological polar surface area (TPSA) is 140 Å². The third-order valence-corrected chi connectivity index (χ3v) is 3.36. The van der Waals surface area contributed by atoms with Crippen molar-refractivity contribution in [1.29, 1.82) is 0 Å². The summed E-state index contributed by atoms with van der Waals surface area (Å²) in [6.07, 6.45) is -0.0645. The second-order valence-electron chi connectivity index (χ2n) is 4.63. The molecule has 0 aliphatic carbocycles. The molecule has 9 nitrogen and oxygen atoms in total. The first kappa shape index (κ1) is 13.2. The van der Waals surface area contributed by atoms with Crippen molar-refractivity contribution in [1.82, 2.24) is 19.5 Å². The lowest BCUT2D eigenvalue weighted by atomic mass is 10.2. The Morgan fingerprint density at radius 3 is 2.85 bits per heavy atom. The van der Waals surface area contributed by atoms with Crippen LogP contribution in [0.5, 0.6) is 0 Å². The molecule has 1 aliphatic rings. The molecule has 108 valence electrons. The lowest BCUT2D eigenvalue weighted by Gasteiger charge is -2.13. The van der Waals surface area contributed by atoms with Crippen molar-refractivity contribution in [2.75, 3.05) is 12.3 Å². The zero-order valence-corrected chi connectivity index (χ0v) is 10.5. The van der Waals surface area contributed by atoms with Crippen molar-refractivity contribution in [2.24, 2.45) is 0 Å². The van der Waals surface area contributed by atoms with Gasteiger partial charge in [-0.2, -0.15) is 4.98 Å². The monoisotopic (exact) mass is 281 g/mol. The molecule has 3 heterocycles. The molecular weight excluding hydrogens is 266 g/mol. The minimum absolute atomic E-state index is 0.0283. The zero-order chi connectivity index (χ0) is 14.3. The number of nitrogens with two attached hydrogens (primary N) is 1. The Morgan fingerprint density at radius 2 is 2.20 bits per heavy atom. The van der Waals surface area contributed by atoms with Crippen LogP contribution in [0.25, 0.3) is 11.2 Å². The summed E-state index contributed by atoms with van der Waals surface area (Å²) in [6, 6.07) is 0. The Bertz CT molecular complexity index is 631. The Morgan fingerprint density at radius 1 is 1.40 bits per heavy atom. The Hall–Kier alpha value is -1.81. The van der Waals surface area contributed by atoms with E-state index >= 15 is 0 Å². The summed E-state index contributed by atoms with van der Waals surface area (Å²) >= 11 is 0. The molecule has 1 saturated heterocycles. The maximum atomic E-state index is 9.77. The molecule has 0 radical (unpaired) electrons. The quantitative estimate of drug-likeness (QED) is 0.535. The highest BCUT2D eigenvalue weighted by Gasteiger charge is 2.35. The van der Waals surface area contributed by atoms with E-state index in [1.807, 2.05) is 0 Å². The molecule has 9 heteroatoms. The first-order chi connectivity index (χ1) is 9.63. The van der Waals surface area contributed by atoms with Crippen molar-refractivity contribution < 1.29 is 20.1 Å². The number of aromatic nitrogens is 4. The second kappa shape index (κ2) is 4.94. The number of nitrogens with zero attached hydrogens (tertiary/aromatic N) is 4. The van der Waals surface area contributed by atoms with E-state index in [1.54, 1.807) is 4.57 Å². The van der Waals surface area contributed by atoms with E-state index in [0.717, 1.165) is 0 Å². The highest BCUT2D eigenvalue weighted by molar-refractivity contribution is 5.74. The molecule has 0 bridgehead atoms. The number of hydrogen-bond acceptors (Lipinski definition) is 8. The Labute approximate surface area is 113 Å². The number of rotatable bonds is 3. The van der Waals surface area contributed by atoms with Gasteiger partial charge in [0, 0.05) is 6.42 Å². The SMILES string of the molecule is Nc1nc(CO)c2ncn([C@H]3C[C@H](O)[C@@H](CO)O3)c2n1. The van der Waals surface area contributed by atoms with Crippen LogP contribution in [0.3, 0.4) is 0 Å². The van der Waals surface area contributed by atoms with Crippen LogP contribution in [-0.2, 0) is 11.3 Å². The number of aliphatic hydroxyl groups is 3. The summed E-state index contributed by atoms with van der Waals surface area (Å²) in [4.78, 5) is 12.2. The predicted octanol–water partition coefficient (Wildman–Crippen LogP) is -1.46. The molecule has 2 aromatic rings. The molecule has 5 N–H and O–H groups in total. The fourth-order valence-corrected chi connectivity index (χ4v) is 2.36. The first-order valence-corrected chi connectivity index (χ1v) is 6.18. The molecule has 0 amide bonds. The van der Waals surface area contributed by atoms with E-state index in [4.69, 9.17) is 15.6 Å². The third kappa shape index (κ3) is 2.00. The van der Waals surface area contributed by atoms with E-state index in [9.17, 15) is 10.2 Å². The summed E-state index contributed by atoms with van der Waals surface area (Å²) in [5.41, 5.74) is 6.81. The fourth-order valence-electron chi connectivity index (χ4n) is 2.36. The average molecular weight is 281 g/mol. The van der Waals surface area contributed by atoms with Crippen LogP contribution < -0.4 is 5.73 Å². The van der Waals surface area contributed by atoms with Crippen LogP contribution in [0.4, 0.5) is 5.95 Å². The summed E-state index contributed by atoms with van der Waals surface area (Å²) in [6.45, 7) is -0.559. The van der Waals surface area contributed by atoms with Crippen LogP contribution in [-0.4, -0.2) is 53.7 Å². The van der Waals surface area contributed by atoms with Crippen molar-refractivity contribution in [3.8, 4) is 0 Å². The minimum atomic E-state index is -0.751. The van der Waals surface area contributed by atoms with Gasteiger partial charge in [-0.05, 0) is 0 Å². The van der Waals surface area contributed by atoms with Crippen LogP contribution in [0, 0.1) is 0 Å². The molecular formula is C11H15N5O4. The summed E-state index contributed by atoms with van der Waals surface area (Å²) < 4.78 is 7.16.